The molecule has 0 radical (unpaired) electrons. The lowest BCUT2D eigenvalue weighted by molar-refractivity contribution is -0.384. The number of carbonyl (C=O) groups excluding carboxylic acids is 1. The Morgan fingerprint density at radius 1 is 1.12 bits per heavy atom. The molecule has 4 aromatic rings. The number of ether oxygens (including phenoxy) is 2. The van der Waals surface area contributed by atoms with Gasteiger partial charge in [0, 0.05) is 12.1 Å². The molecule has 1 aromatic heterocycles. The van der Waals surface area contributed by atoms with Gasteiger partial charge < -0.3 is 9.47 Å². The van der Waals surface area contributed by atoms with E-state index in [0.717, 1.165) is 10.2 Å². The number of thiazole rings is 1. The molecule has 9 nitrogen and oxygen atoms in total. The van der Waals surface area contributed by atoms with Gasteiger partial charge in [-0.05, 0) is 48.0 Å². The Morgan fingerprint density at radius 2 is 1.91 bits per heavy atom. The second-order valence-electron chi connectivity index (χ2n) is 6.46. The van der Waals surface area contributed by atoms with Crippen molar-refractivity contribution in [2.45, 2.75) is 0 Å². The summed E-state index contributed by atoms with van der Waals surface area (Å²) >= 11 is 1.48. The molecule has 0 saturated heterocycles. The van der Waals surface area contributed by atoms with Crippen LogP contribution in [0.4, 0.5) is 10.8 Å². The third kappa shape index (κ3) is 4.71. The fraction of sp³-hybridized carbons (Fsp3) is 0.0455. The number of carbonyl (C=O) groups is 1. The van der Waals surface area contributed by atoms with E-state index in [1.807, 2.05) is 24.3 Å². The average Bonchev–Trinajstić information content (AvgIpc) is 3.22. The van der Waals surface area contributed by atoms with Crippen LogP contribution in [0.15, 0.2) is 71.8 Å². The van der Waals surface area contributed by atoms with Gasteiger partial charge in [-0.15, -0.1) is 0 Å². The molecule has 0 atom stereocenters. The van der Waals surface area contributed by atoms with E-state index in [1.54, 1.807) is 24.4 Å². The second-order valence-corrected chi connectivity index (χ2v) is 7.49. The van der Waals surface area contributed by atoms with E-state index in [9.17, 15) is 14.9 Å². The summed E-state index contributed by atoms with van der Waals surface area (Å²) in [6.07, 6.45) is 1.56. The van der Waals surface area contributed by atoms with Crippen molar-refractivity contribution in [2.75, 3.05) is 12.5 Å². The maximum absolute atomic E-state index is 12.5. The summed E-state index contributed by atoms with van der Waals surface area (Å²) in [5.74, 6) is -0.115. The molecule has 10 heteroatoms. The van der Waals surface area contributed by atoms with E-state index in [1.165, 1.54) is 42.7 Å². The minimum atomic E-state index is -0.667. The molecule has 4 rings (SSSR count). The number of methoxy groups -OCH3 is 1. The van der Waals surface area contributed by atoms with Gasteiger partial charge in [0.05, 0.1) is 34.0 Å². The largest absolute Gasteiger partial charge is 0.493 e. The number of benzene rings is 3. The minimum Gasteiger partial charge on any atom is -0.493 e. The molecular formula is C22H16N4O5S. The summed E-state index contributed by atoms with van der Waals surface area (Å²) in [5.41, 5.74) is 4.50. The lowest BCUT2D eigenvalue weighted by atomic mass is 10.2. The van der Waals surface area contributed by atoms with E-state index >= 15 is 0 Å². The highest BCUT2D eigenvalue weighted by Gasteiger charge is 2.14. The zero-order chi connectivity index (χ0) is 22.5. The van der Waals surface area contributed by atoms with E-state index in [4.69, 9.17) is 9.47 Å². The van der Waals surface area contributed by atoms with Crippen molar-refractivity contribution in [1.29, 1.82) is 0 Å². The van der Waals surface area contributed by atoms with Gasteiger partial charge in [0.2, 0.25) is 5.13 Å². The van der Waals surface area contributed by atoms with Crippen molar-refractivity contribution in [3.05, 3.63) is 88.0 Å². The number of hydrogen-bond acceptors (Lipinski definition) is 9. The molecule has 0 aliphatic rings. The first-order valence-electron chi connectivity index (χ1n) is 9.33. The lowest BCUT2D eigenvalue weighted by Gasteiger charge is -2.10. The second kappa shape index (κ2) is 9.23. The van der Waals surface area contributed by atoms with Gasteiger partial charge >= 0.3 is 5.97 Å². The van der Waals surface area contributed by atoms with Crippen molar-refractivity contribution < 1.29 is 19.2 Å². The maximum Gasteiger partial charge on any atom is 0.343 e. The molecule has 0 fully saturated rings. The highest BCUT2D eigenvalue weighted by molar-refractivity contribution is 7.22. The average molecular weight is 448 g/mol. The van der Waals surface area contributed by atoms with Gasteiger partial charge in [-0.1, -0.05) is 23.5 Å². The predicted molar refractivity (Wildman–Crippen MR) is 122 cm³/mol. The van der Waals surface area contributed by atoms with Crippen LogP contribution in [-0.4, -0.2) is 29.2 Å². The van der Waals surface area contributed by atoms with Crippen LogP contribution in [0, 0.1) is 10.1 Å². The molecular weight excluding hydrogens is 432 g/mol. The van der Waals surface area contributed by atoms with Gasteiger partial charge in [-0.2, -0.15) is 5.10 Å². The number of nitrogens with zero attached hydrogens (tertiary/aromatic N) is 3. The van der Waals surface area contributed by atoms with Crippen molar-refractivity contribution >= 4 is 44.6 Å². The Hall–Kier alpha value is -4.31. The van der Waals surface area contributed by atoms with Gasteiger partial charge in [0.1, 0.15) is 0 Å². The summed E-state index contributed by atoms with van der Waals surface area (Å²) in [5, 5.41) is 15.6. The van der Waals surface area contributed by atoms with E-state index in [0.29, 0.717) is 16.4 Å². The standard InChI is InChI=1S/C22H16N4O5S/c1-30-18-11-6-14(13-23-25-22-24-17-4-2-3-5-20(17)32-22)12-19(18)31-21(27)15-7-9-16(10-8-15)26(28)29/h2-13H,1H3,(H,24,25). The predicted octanol–water partition coefficient (Wildman–Crippen LogP) is 4.88. The number of hydrogen-bond donors (Lipinski definition) is 1. The fourth-order valence-electron chi connectivity index (χ4n) is 2.81. The van der Waals surface area contributed by atoms with Crippen LogP contribution < -0.4 is 14.9 Å². The van der Waals surface area contributed by atoms with Crippen LogP contribution in [0.3, 0.4) is 0 Å². The number of para-hydroxylation sites is 1. The Kier molecular flexibility index (Phi) is 6.04. The van der Waals surface area contributed by atoms with Crippen molar-refractivity contribution in [3.63, 3.8) is 0 Å². The minimum absolute atomic E-state index is 0.113. The van der Waals surface area contributed by atoms with E-state index in [-0.39, 0.29) is 17.0 Å². The molecule has 32 heavy (non-hydrogen) atoms. The first kappa shape index (κ1) is 20.9. The highest BCUT2D eigenvalue weighted by Crippen LogP contribution is 2.29. The molecule has 0 bridgehead atoms. The SMILES string of the molecule is COc1ccc(C=NNc2nc3ccccc3s2)cc1OC(=O)c1ccc([N+](=O)[O-])cc1. The molecule has 0 amide bonds. The number of aromatic nitrogens is 1. The van der Waals surface area contributed by atoms with Crippen LogP contribution in [0.1, 0.15) is 15.9 Å². The molecule has 1 heterocycles. The lowest BCUT2D eigenvalue weighted by Crippen LogP contribution is -2.09. The molecule has 3 aromatic carbocycles. The first-order chi connectivity index (χ1) is 15.5. The normalized spacial score (nSPS) is 10.9. The topological polar surface area (TPSA) is 116 Å². The molecule has 0 saturated carbocycles. The number of rotatable bonds is 7. The van der Waals surface area contributed by atoms with Gasteiger partial charge in [0.25, 0.3) is 5.69 Å². The van der Waals surface area contributed by atoms with Crippen LogP contribution in [0.25, 0.3) is 10.2 Å². The molecule has 0 aliphatic carbocycles. The number of nitro benzene ring substituents is 1. The quantitative estimate of drug-likeness (QED) is 0.141. The zero-order valence-electron chi connectivity index (χ0n) is 16.7. The van der Waals surface area contributed by atoms with Crippen molar-refractivity contribution in [3.8, 4) is 11.5 Å². The summed E-state index contributed by atoms with van der Waals surface area (Å²) in [4.78, 5) is 27.1. The molecule has 0 aliphatic heterocycles. The molecule has 0 spiro atoms. The number of nitro groups is 1. The van der Waals surface area contributed by atoms with E-state index < -0.39 is 10.9 Å². The summed E-state index contributed by atoms with van der Waals surface area (Å²) in [7, 11) is 1.46. The number of hydrazone groups is 1. The molecule has 1 N–H and O–H groups in total. The number of anilines is 1. The van der Waals surface area contributed by atoms with Crippen LogP contribution >= 0.6 is 11.3 Å². The Bertz CT molecular complexity index is 1280. The third-order valence-electron chi connectivity index (χ3n) is 4.37. The summed E-state index contributed by atoms with van der Waals surface area (Å²) < 4.78 is 11.8. The van der Waals surface area contributed by atoms with Crippen LogP contribution in [0.5, 0.6) is 11.5 Å². The molecule has 0 unspecified atom stereocenters. The van der Waals surface area contributed by atoms with Gasteiger partial charge in [0.15, 0.2) is 11.5 Å². The number of fused-ring (bicyclic) bond motifs is 1. The van der Waals surface area contributed by atoms with Crippen molar-refractivity contribution in [1.82, 2.24) is 4.98 Å². The Balaban J connectivity index is 1.48. The number of nitrogens with one attached hydrogen (secondary N) is 1. The van der Waals surface area contributed by atoms with Gasteiger partial charge in [-0.3, -0.25) is 15.5 Å². The highest BCUT2D eigenvalue weighted by atomic mass is 32.1. The zero-order valence-corrected chi connectivity index (χ0v) is 17.5. The first-order valence-corrected chi connectivity index (χ1v) is 10.1. The summed E-state index contributed by atoms with van der Waals surface area (Å²) in [6, 6.07) is 17.9. The van der Waals surface area contributed by atoms with Crippen LogP contribution in [0.2, 0.25) is 0 Å². The number of esters is 1. The number of non-ortho nitro benzene ring substituents is 1. The van der Waals surface area contributed by atoms with Crippen molar-refractivity contribution in [2.24, 2.45) is 5.10 Å². The Morgan fingerprint density at radius 3 is 2.62 bits per heavy atom. The monoisotopic (exact) mass is 448 g/mol. The molecule has 160 valence electrons. The Labute approximate surface area is 186 Å². The smallest absolute Gasteiger partial charge is 0.343 e. The maximum atomic E-state index is 12.5. The third-order valence-corrected chi connectivity index (χ3v) is 5.31. The fourth-order valence-corrected chi connectivity index (χ4v) is 3.63. The van der Waals surface area contributed by atoms with Crippen LogP contribution in [-0.2, 0) is 0 Å². The van der Waals surface area contributed by atoms with E-state index in [2.05, 4.69) is 15.5 Å². The van der Waals surface area contributed by atoms with Gasteiger partial charge in [-0.25, -0.2) is 9.78 Å². The summed E-state index contributed by atoms with van der Waals surface area (Å²) in [6.45, 7) is 0.